The first kappa shape index (κ1) is 24.9. The molecule has 8 nitrogen and oxygen atoms in total. The zero-order chi connectivity index (χ0) is 26.7. The van der Waals surface area contributed by atoms with Gasteiger partial charge in [0.05, 0.1) is 22.3 Å². The van der Waals surface area contributed by atoms with Gasteiger partial charge in [-0.1, -0.05) is 60.7 Å². The number of carboxylic acids is 4. The zero-order valence-corrected chi connectivity index (χ0v) is 19.2. The van der Waals surface area contributed by atoms with Crippen molar-refractivity contribution in [2.24, 2.45) is 0 Å². The van der Waals surface area contributed by atoms with Crippen LogP contribution in [0.25, 0.3) is 22.3 Å². The topological polar surface area (TPSA) is 149 Å². The summed E-state index contributed by atoms with van der Waals surface area (Å²) in [5.41, 5.74) is 3.58. The fraction of sp³-hybridized carbons (Fsp3) is 0.0345. The van der Waals surface area contributed by atoms with Gasteiger partial charge in [-0.3, -0.25) is 0 Å². The van der Waals surface area contributed by atoms with Gasteiger partial charge in [0, 0.05) is 0 Å². The second-order valence-electron chi connectivity index (χ2n) is 8.31. The minimum Gasteiger partial charge on any atom is -0.478 e. The van der Waals surface area contributed by atoms with Crippen molar-refractivity contribution >= 4 is 23.9 Å². The van der Waals surface area contributed by atoms with Crippen molar-refractivity contribution in [3.05, 3.63) is 118 Å². The van der Waals surface area contributed by atoms with E-state index in [9.17, 15) is 39.6 Å². The van der Waals surface area contributed by atoms with E-state index in [2.05, 4.69) is 0 Å². The van der Waals surface area contributed by atoms with Crippen LogP contribution in [0.3, 0.4) is 0 Å². The Morgan fingerprint density at radius 1 is 0.405 bits per heavy atom. The molecule has 0 radical (unpaired) electrons. The van der Waals surface area contributed by atoms with Crippen LogP contribution in [0.15, 0.2) is 84.9 Å². The second-order valence-corrected chi connectivity index (χ2v) is 8.31. The average Bonchev–Trinajstić information content (AvgIpc) is 2.88. The highest BCUT2D eigenvalue weighted by Crippen LogP contribution is 2.26. The Kier molecular flexibility index (Phi) is 6.84. The predicted molar refractivity (Wildman–Crippen MR) is 134 cm³/mol. The Labute approximate surface area is 210 Å². The molecule has 0 unspecified atom stereocenters. The summed E-state index contributed by atoms with van der Waals surface area (Å²) in [6.07, 6.45) is 0.608. The molecule has 0 aliphatic heterocycles. The molecular weight excluding hydrogens is 476 g/mol. The van der Waals surface area contributed by atoms with E-state index in [0.717, 1.165) is 22.3 Å². The fourth-order valence-corrected chi connectivity index (χ4v) is 4.04. The molecule has 0 bridgehead atoms. The van der Waals surface area contributed by atoms with Crippen LogP contribution in [-0.4, -0.2) is 44.3 Å². The van der Waals surface area contributed by atoms with Gasteiger partial charge < -0.3 is 20.4 Å². The van der Waals surface area contributed by atoms with E-state index in [0.29, 0.717) is 17.5 Å². The lowest BCUT2D eigenvalue weighted by atomic mass is 9.95. The summed E-state index contributed by atoms with van der Waals surface area (Å²) in [6.45, 7) is 0. The van der Waals surface area contributed by atoms with Gasteiger partial charge in [-0.15, -0.1) is 0 Å². The summed E-state index contributed by atoms with van der Waals surface area (Å²) in [5, 5.41) is 37.1. The van der Waals surface area contributed by atoms with Crippen molar-refractivity contribution < 1.29 is 39.6 Å². The highest BCUT2D eigenvalue weighted by atomic mass is 16.4. The van der Waals surface area contributed by atoms with Gasteiger partial charge in [0.1, 0.15) is 0 Å². The number of hydrogen-bond donors (Lipinski definition) is 4. The molecule has 4 aromatic rings. The third-order valence-corrected chi connectivity index (χ3v) is 5.94. The van der Waals surface area contributed by atoms with Crippen LogP contribution in [0.2, 0.25) is 0 Å². The molecule has 37 heavy (non-hydrogen) atoms. The standard InChI is InChI=1S/C29H20O8/c30-26(31)22-11-9-20(14-24(22)28(34)35)18-5-1-16(2-6-18)13-17-3-7-19(8-4-17)21-10-12-23(27(32)33)25(15-21)29(36)37/h1-12,14-15H,13H2,(H,30,31)(H,32,33)(H,34,35)(H,36,37). The minimum absolute atomic E-state index is 0.270. The van der Waals surface area contributed by atoms with Crippen molar-refractivity contribution in [2.45, 2.75) is 6.42 Å². The summed E-state index contributed by atoms with van der Waals surface area (Å²) in [4.78, 5) is 45.4. The highest BCUT2D eigenvalue weighted by Gasteiger charge is 2.18. The largest absolute Gasteiger partial charge is 0.478 e. The molecule has 4 aromatic carbocycles. The molecule has 0 amide bonds. The predicted octanol–water partition coefficient (Wildman–Crippen LogP) is 5.40. The first-order valence-corrected chi connectivity index (χ1v) is 11.0. The molecule has 0 saturated carbocycles. The van der Waals surface area contributed by atoms with E-state index >= 15 is 0 Å². The second kappa shape index (κ2) is 10.2. The van der Waals surface area contributed by atoms with E-state index in [-0.39, 0.29) is 22.3 Å². The maximum absolute atomic E-state index is 11.5. The van der Waals surface area contributed by atoms with E-state index in [4.69, 9.17) is 0 Å². The number of carbonyl (C=O) groups is 4. The van der Waals surface area contributed by atoms with Crippen molar-refractivity contribution in [3.8, 4) is 22.3 Å². The molecule has 0 atom stereocenters. The lowest BCUT2D eigenvalue weighted by Crippen LogP contribution is -2.08. The van der Waals surface area contributed by atoms with Crippen molar-refractivity contribution in [2.75, 3.05) is 0 Å². The first-order chi connectivity index (χ1) is 17.6. The van der Waals surface area contributed by atoms with Gasteiger partial charge in [-0.05, 0) is 64.1 Å². The van der Waals surface area contributed by atoms with Gasteiger partial charge in [0.2, 0.25) is 0 Å². The van der Waals surface area contributed by atoms with Gasteiger partial charge in [-0.2, -0.15) is 0 Å². The van der Waals surface area contributed by atoms with Crippen LogP contribution in [0, 0.1) is 0 Å². The Morgan fingerprint density at radius 3 is 1.00 bits per heavy atom. The van der Waals surface area contributed by atoms with Gasteiger partial charge in [0.25, 0.3) is 0 Å². The average molecular weight is 496 g/mol. The Morgan fingerprint density at radius 2 is 0.703 bits per heavy atom. The maximum Gasteiger partial charge on any atom is 0.336 e. The Balaban J connectivity index is 1.52. The van der Waals surface area contributed by atoms with Gasteiger partial charge in [0.15, 0.2) is 0 Å². The molecule has 0 spiro atoms. The quantitative estimate of drug-likeness (QED) is 0.253. The number of carboxylic acid groups (broad SMARTS) is 4. The normalized spacial score (nSPS) is 10.6. The molecule has 4 N–H and O–H groups in total. The SMILES string of the molecule is O=C(O)c1ccc(-c2ccc(Cc3ccc(-c4ccc(C(=O)O)c(C(=O)O)c4)cc3)cc2)cc1C(=O)O. The number of rotatable bonds is 8. The molecule has 184 valence electrons. The molecule has 0 fully saturated rings. The summed E-state index contributed by atoms with van der Waals surface area (Å²) in [5.74, 6) is -5.22. The van der Waals surface area contributed by atoms with Crippen LogP contribution in [-0.2, 0) is 6.42 Å². The van der Waals surface area contributed by atoms with Crippen molar-refractivity contribution in [1.29, 1.82) is 0 Å². The highest BCUT2D eigenvalue weighted by molar-refractivity contribution is 6.03. The molecule has 0 heterocycles. The van der Waals surface area contributed by atoms with Crippen LogP contribution in [0.4, 0.5) is 0 Å². The van der Waals surface area contributed by atoms with Crippen LogP contribution in [0.1, 0.15) is 52.6 Å². The van der Waals surface area contributed by atoms with Gasteiger partial charge in [-0.25, -0.2) is 19.2 Å². The van der Waals surface area contributed by atoms with Crippen LogP contribution < -0.4 is 0 Å². The third kappa shape index (κ3) is 5.38. The van der Waals surface area contributed by atoms with Crippen LogP contribution >= 0.6 is 0 Å². The zero-order valence-electron chi connectivity index (χ0n) is 19.2. The van der Waals surface area contributed by atoms with Crippen molar-refractivity contribution in [3.63, 3.8) is 0 Å². The monoisotopic (exact) mass is 496 g/mol. The Bertz CT molecular complexity index is 1420. The molecule has 0 aliphatic rings. The summed E-state index contributed by atoms with van der Waals surface area (Å²) in [7, 11) is 0. The minimum atomic E-state index is -1.31. The third-order valence-electron chi connectivity index (χ3n) is 5.94. The Hall–Kier alpha value is -5.24. The van der Waals surface area contributed by atoms with E-state index in [1.54, 1.807) is 12.1 Å². The van der Waals surface area contributed by atoms with E-state index < -0.39 is 23.9 Å². The van der Waals surface area contributed by atoms with Gasteiger partial charge >= 0.3 is 23.9 Å². The molecular formula is C29H20O8. The van der Waals surface area contributed by atoms with E-state index in [1.807, 2.05) is 48.5 Å². The summed E-state index contributed by atoms with van der Waals surface area (Å²) < 4.78 is 0. The number of hydrogen-bond acceptors (Lipinski definition) is 4. The van der Waals surface area contributed by atoms with E-state index in [1.165, 1.54) is 24.3 Å². The first-order valence-electron chi connectivity index (χ1n) is 11.0. The van der Waals surface area contributed by atoms with Crippen LogP contribution in [0.5, 0.6) is 0 Å². The molecule has 4 rings (SSSR count). The molecule has 0 aromatic heterocycles. The smallest absolute Gasteiger partial charge is 0.336 e. The fourth-order valence-electron chi connectivity index (χ4n) is 4.04. The summed E-state index contributed by atoms with van der Waals surface area (Å²) >= 11 is 0. The number of aromatic carboxylic acids is 4. The molecule has 0 aliphatic carbocycles. The van der Waals surface area contributed by atoms with Crippen molar-refractivity contribution in [1.82, 2.24) is 0 Å². The maximum atomic E-state index is 11.5. The summed E-state index contributed by atoms with van der Waals surface area (Å²) in [6, 6.07) is 23.3. The molecule has 8 heteroatoms. The number of benzene rings is 4. The molecule has 0 saturated heterocycles. The lowest BCUT2D eigenvalue weighted by molar-refractivity contribution is 0.0651. The lowest BCUT2D eigenvalue weighted by Gasteiger charge is -2.09.